The van der Waals surface area contributed by atoms with E-state index in [1.54, 1.807) is 18.2 Å². The van der Waals surface area contributed by atoms with Crippen LogP contribution in [0.4, 0.5) is 5.69 Å². The van der Waals surface area contributed by atoms with Gasteiger partial charge in [0.25, 0.3) is 5.91 Å². The molecule has 0 spiro atoms. The largest absolute Gasteiger partial charge is 0.398 e. The van der Waals surface area contributed by atoms with Gasteiger partial charge < -0.3 is 11.1 Å². The highest BCUT2D eigenvalue weighted by molar-refractivity contribution is 6.31. The predicted molar refractivity (Wildman–Crippen MR) is 70.2 cm³/mol. The fourth-order valence-electron chi connectivity index (χ4n) is 2.24. The highest BCUT2D eigenvalue weighted by Crippen LogP contribution is 2.20. The zero-order valence-corrected chi connectivity index (χ0v) is 10.5. The number of nitrogens with one attached hydrogen (secondary N) is 1. The van der Waals surface area contributed by atoms with E-state index in [2.05, 4.69) is 5.32 Å². The minimum absolute atomic E-state index is 0.114. The van der Waals surface area contributed by atoms with Crippen LogP contribution in [0.15, 0.2) is 18.2 Å². The Morgan fingerprint density at radius 1 is 1.29 bits per heavy atom. The molecule has 1 saturated carbocycles. The summed E-state index contributed by atoms with van der Waals surface area (Å²) in [6, 6.07) is 5.26. The number of hydrogen-bond acceptors (Lipinski definition) is 2. The SMILES string of the molecule is Nc1ccc(Cl)cc1C(=O)NC1CCCCC1. The molecule has 1 aromatic rings. The molecule has 0 bridgehead atoms. The second-order valence-electron chi connectivity index (χ2n) is 4.54. The Hall–Kier alpha value is -1.22. The minimum Gasteiger partial charge on any atom is -0.398 e. The maximum Gasteiger partial charge on any atom is 0.253 e. The number of benzene rings is 1. The summed E-state index contributed by atoms with van der Waals surface area (Å²) in [6.45, 7) is 0. The molecule has 0 unspecified atom stereocenters. The number of amides is 1. The molecule has 1 aliphatic carbocycles. The van der Waals surface area contributed by atoms with E-state index in [-0.39, 0.29) is 11.9 Å². The van der Waals surface area contributed by atoms with E-state index in [0.29, 0.717) is 16.3 Å². The van der Waals surface area contributed by atoms with Crippen LogP contribution >= 0.6 is 11.6 Å². The third-order valence-electron chi connectivity index (χ3n) is 3.20. The Morgan fingerprint density at radius 2 is 2.00 bits per heavy atom. The molecule has 0 aromatic heterocycles. The molecule has 0 atom stereocenters. The van der Waals surface area contributed by atoms with E-state index in [4.69, 9.17) is 17.3 Å². The number of carbonyl (C=O) groups is 1. The zero-order chi connectivity index (χ0) is 12.3. The van der Waals surface area contributed by atoms with Crippen LogP contribution in [-0.2, 0) is 0 Å². The van der Waals surface area contributed by atoms with E-state index in [9.17, 15) is 4.79 Å². The summed E-state index contributed by atoms with van der Waals surface area (Å²) in [5.41, 5.74) is 6.73. The molecule has 1 amide bonds. The molecular weight excluding hydrogens is 236 g/mol. The van der Waals surface area contributed by atoms with Gasteiger partial charge in [-0.2, -0.15) is 0 Å². The Morgan fingerprint density at radius 3 is 2.71 bits per heavy atom. The van der Waals surface area contributed by atoms with Crippen LogP contribution < -0.4 is 11.1 Å². The van der Waals surface area contributed by atoms with Crippen LogP contribution in [0.1, 0.15) is 42.5 Å². The number of rotatable bonds is 2. The number of carbonyl (C=O) groups excluding carboxylic acids is 1. The van der Waals surface area contributed by atoms with Gasteiger partial charge in [0.05, 0.1) is 5.56 Å². The minimum atomic E-state index is -0.114. The molecule has 2 rings (SSSR count). The van der Waals surface area contributed by atoms with Crippen LogP contribution in [0.5, 0.6) is 0 Å². The average molecular weight is 253 g/mol. The van der Waals surface area contributed by atoms with Gasteiger partial charge in [0, 0.05) is 16.8 Å². The molecule has 1 aliphatic rings. The summed E-state index contributed by atoms with van der Waals surface area (Å²) >= 11 is 5.87. The highest BCUT2D eigenvalue weighted by atomic mass is 35.5. The lowest BCUT2D eigenvalue weighted by atomic mass is 9.95. The van der Waals surface area contributed by atoms with E-state index in [0.717, 1.165) is 12.8 Å². The Labute approximate surface area is 106 Å². The van der Waals surface area contributed by atoms with Gasteiger partial charge >= 0.3 is 0 Å². The quantitative estimate of drug-likeness (QED) is 0.795. The van der Waals surface area contributed by atoms with Crippen LogP contribution in [0.2, 0.25) is 5.02 Å². The topological polar surface area (TPSA) is 55.1 Å². The standard InChI is InChI=1S/C13H17ClN2O/c14-9-6-7-12(15)11(8-9)13(17)16-10-4-2-1-3-5-10/h6-8,10H,1-5,15H2,(H,16,17). The summed E-state index contributed by atoms with van der Waals surface area (Å²) in [7, 11) is 0. The number of nitrogen functional groups attached to an aromatic ring is 1. The van der Waals surface area contributed by atoms with Gasteiger partial charge in [0.2, 0.25) is 0 Å². The van der Waals surface area contributed by atoms with Gasteiger partial charge in [-0.25, -0.2) is 0 Å². The van der Waals surface area contributed by atoms with Crippen LogP contribution in [0, 0.1) is 0 Å². The smallest absolute Gasteiger partial charge is 0.253 e. The summed E-state index contributed by atoms with van der Waals surface area (Å²) in [4.78, 5) is 12.0. The second kappa shape index (κ2) is 5.41. The highest BCUT2D eigenvalue weighted by Gasteiger charge is 2.18. The van der Waals surface area contributed by atoms with E-state index in [1.165, 1.54) is 19.3 Å². The molecule has 17 heavy (non-hydrogen) atoms. The van der Waals surface area contributed by atoms with Gasteiger partial charge in [-0.15, -0.1) is 0 Å². The first-order chi connectivity index (χ1) is 8.16. The second-order valence-corrected chi connectivity index (χ2v) is 4.98. The number of hydrogen-bond donors (Lipinski definition) is 2. The maximum atomic E-state index is 12.0. The van der Waals surface area contributed by atoms with Crippen molar-refractivity contribution in [1.29, 1.82) is 0 Å². The summed E-state index contributed by atoms with van der Waals surface area (Å²) in [6.07, 6.45) is 5.77. The third kappa shape index (κ3) is 3.13. The van der Waals surface area contributed by atoms with Crippen molar-refractivity contribution in [2.24, 2.45) is 0 Å². The van der Waals surface area contributed by atoms with Crippen molar-refractivity contribution >= 4 is 23.2 Å². The maximum absolute atomic E-state index is 12.0. The molecule has 3 nitrogen and oxygen atoms in total. The molecule has 0 radical (unpaired) electrons. The van der Waals surface area contributed by atoms with Gasteiger partial charge in [-0.3, -0.25) is 4.79 Å². The van der Waals surface area contributed by atoms with E-state index in [1.807, 2.05) is 0 Å². The molecule has 3 N–H and O–H groups in total. The number of nitrogens with two attached hydrogens (primary N) is 1. The molecule has 1 aromatic carbocycles. The Kier molecular flexibility index (Phi) is 3.89. The summed E-state index contributed by atoms with van der Waals surface area (Å²) < 4.78 is 0. The zero-order valence-electron chi connectivity index (χ0n) is 9.71. The first-order valence-electron chi connectivity index (χ1n) is 6.02. The van der Waals surface area contributed by atoms with Crippen molar-refractivity contribution in [3.05, 3.63) is 28.8 Å². The first-order valence-corrected chi connectivity index (χ1v) is 6.40. The predicted octanol–water partition coefficient (Wildman–Crippen LogP) is 2.98. The average Bonchev–Trinajstić information content (AvgIpc) is 2.33. The molecular formula is C13H17ClN2O. The van der Waals surface area contributed by atoms with Crippen LogP contribution in [0.25, 0.3) is 0 Å². The molecule has 1 fully saturated rings. The lowest BCUT2D eigenvalue weighted by Gasteiger charge is -2.23. The molecule has 0 aliphatic heterocycles. The van der Waals surface area contributed by atoms with Crippen LogP contribution in [0.3, 0.4) is 0 Å². The lowest BCUT2D eigenvalue weighted by molar-refractivity contribution is 0.0928. The molecule has 92 valence electrons. The molecule has 0 heterocycles. The Bertz CT molecular complexity index is 414. The normalized spacial score (nSPS) is 16.8. The fourth-order valence-corrected chi connectivity index (χ4v) is 2.41. The summed E-state index contributed by atoms with van der Waals surface area (Å²) in [5, 5.41) is 3.56. The monoisotopic (exact) mass is 252 g/mol. The van der Waals surface area contributed by atoms with E-state index < -0.39 is 0 Å². The van der Waals surface area contributed by atoms with Crippen molar-refractivity contribution < 1.29 is 4.79 Å². The van der Waals surface area contributed by atoms with Gasteiger partial charge in [0.1, 0.15) is 0 Å². The first kappa shape index (κ1) is 12.2. The van der Waals surface area contributed by atoms with Crippen molar-refractivity contribution in [2.75, 3.05) is 5.73 Å². The van der Waals surface area contributed by atoms with E-state index >= 15 is 0 Å². The van der Waals surface area contributed by atoms with Gasteiger partial charge in [0.15, 0.2) is 0 Å². The van der Waals surface area contributed by atoms with Crippen LogP contribution in [-0.4, -0.2) is 11.9 Å². The molecule has 0 saturated heterocycles. The van der Waals surface area contributed by atoms with Gasteiger partial charge in [-0.05, 0) is 31.0 Å². The van der Waals surface area contributed by atoms with Gasteiger partial charge in [-0.1, -0.05) is 30.9 Å². The Balaban J connectivity index is 2.05. The lowest BCUT2D eigenvalue weighted by Crippen LogP contribution is -2.36. The van der Waals surface area contributed by atoms with Crippen molar-refractivity contribution in [1.82, 2.24) is 5.32 Å². The third-order valence-corrected chi connectivity index (χ3v) is 3.44. The summed E-state index contributed by atoms with van der Waals surface area (Å²) in [5.74, 6) is -0.114. The van der Waals surface area contributed by atoms with Crippen molar-refractivity contribution in [3.8, 4) is 0 Å². The number of halogens is 1. The number of anilines is 1. The fraction of sp³-hybridized carbons (Fsp3) is 0.462. The van der Waals surface area contributed by atoms with Crippen molar-refractivity contribution in [3.63, 3.8) is 0 Å². The van der Waals surface area contributed by atoms with Crippen molar-refractivity contribution in [2.45, 2.75) is 38.1 Å². The molecule has 4 heteroatoms.